The summed E-state index contributed by atoms with van der Waals surface area (Å²) in [5.41, 5.74) is 3.66. The van der Waals surface area contributed by atoms with Crippen LogP contribution in [0.4, 0.5) is 0 Å². The summed E-state index contributed by atoms with van der Waals surface area (Å²) in [7, 11) is 1.96. The third-order valence-electron chi connectivity index (χ3n) is 6.23. The van der Waals surface area contributed by atoms with Gasteiger partial charge in [0.1, 0.15) is 5.69 Å². The number of aromatic nitrogens is 3. The van der Waals surface area contributed by atoms with E-state index in [2.05, 4.69) is 21.1 Å². The maximum absolute atomic E-state index is 12.6. The first-order chi connectivity index (χ1) is 13.7. The molecule has 1 amide bonds. The second kappa shape index (κ2) is 7.05. The van der Waals surface area contributed by atoms with E-state index in [9.17, 15) is 4.79 Å². The second-order valence-electron chi connectivity index (χ2n) is 7.87. The van der Waals surface area contributed by atoms with Crippen LogP contribution < -0.4 is 0 Å². The molecule has 0 unspecified atom stereocenters. The SMILES string of the molecule is Cn1cnc2c1CCN(CCN1CCC(c3noc4ccccc34)CC1)C2=O. The highest BCUT2D eigenvalue weighted by molar-refractivity contribution is 5.94. The lowest BCUT2D eigenvalue weighted by atomic mass is 9.91. The number of hydrogen-bond acceptors (Lipinski definition) is 5. The van der Waals surface area contributed by atoms with E-state index < -0.39 is 0 Å². The molecule has 7 heteroatoms. The predicted octanol–water partition coefficient (Wildman–Crippen LogP) is 2.44. The molecule has 0 atom stereocenters. The molecule has 7 nitrogen and oxygen atoms in total. The highest BCUT2D eigenvalue weighted by Crippen LogP contribution is 2.32. The quantitative estimate of drug-likeness (QED) is 0.697. The zero-order valence-electron chi connectivity index (χ0n) is 16.2. The molecule has 3 aromatic rings. The molecule has 4 heterocycles. The van der Waals surface area contributed by atoms with E-state index in [4.69, 9.17) is 4.52 Å². The van der Waals surface area contributed by atoms with E-state index in [0.29, 0.717) is 11.6 Å². The number of para-hydroxylation sites is 1. The van der Waals surface area contributed by atoms with E-state index in [1.165, 1.54) is 0 Å². The number of hydrogen-bond donors (Lipinski definition) is 0. The Labute approximate surface area is 163 Å². The Morgan fingerprint density at radius 3 is 2.82 bits per heavy atom. The highest BCUT2D eigenvalue weighted by atomic mass is 16.5. The van der Waals surface area contributed by atoms with Crippen molar-refractivity contribution in [2.24, 2.45) is 7.05 Å². The van der Waals surface area contributed by atoms with E-state index in [1.54, 1.807) is 6.33 Å². The van der Waals surface area contributed by atoms with Crippen LogP contribution in [0.15, 0.2) is 35.1 Å². The first kappa shape index (κ1) is 17.4. The number of carbonyl (C=O) groups excluding carboxylic acids is 1. The lowest BCUT2D eigenvalue weighted by Crippen LogP contribution is -2.44. The van der Waals surface area contributed by atoms with Crippen LogP contribution >= 0.6 is 0 Å². The third-order valence-corrected chi connectivity index (χ3v) is 6.23. The molecular formula is C21H25N5O2. The molecule has 1 aromatic carbocycles. The number of imidazole rings is 1. The fourth-order valence-corrected chi connectivity index (χ4v) is 4.53. The number of nitrogens with zero attached hydrogens (tertiary/aromatic N) is 5. The van der Waals surface area contributed by atoms with Gasteiger partial charge in [0.05, 0.1) is 17.7 Å². The summed E-state index contributed by atoms with van der Waals surface area (Å²) in [5, 5.41) is 5.49. The second-order valence-corrected chi connectivity index (χ2v) is 7.87. The average molecular weight is 379 g/mol. The van der Waals surface area contributed by atoms with Gasteiger partial charge < -0.3 is 18.9 Å². The van der Waals surface area contributed by atoms with Crippen LogP contribution in [0, 0.1) is 0 Å². The summed E-state index contributed by atoms with van der Waals surface area (Å²) in [6.45, 7) is 4.53. The van der Waals surface area contributed by atoms with Crippen LogP contribution in [0.2, 0.25) is 0 Å². The van der Waals surface area contributed by atoms with Gasteiger partial charge in [0.2, 0.25) is 0 Å². The summed E-state index contributed by atoms with van der Waals surface area (Å²) < 4.78 is 7.44. The van der Waals surface area contributed by atoms with Crippen molar-refractivity contribution in [1.82, 2.24) is 24.5 Å². The Bertz CT molecular complexity index is 999. The Kier molecular flexibility index (Phi) is 4.39. The minimum absolute atomic E-state index is 0.0748. The van der Waals surface area contributed by atoms with Crippen molar-refractivity contribution in [3.63, 3.8) is 0 Å². The van der Waals surface area contributed by atoms with Crippen LogP contribution in [0.25, 0.3) is 11.0 Å². The molecule has 2 aliphatic heterocycles. The number of carbonyl (C=O) groups is 1. The molecular weight excluding hydrogens is 354 g/mol. The van der Waals surface area contributed by atoms with Gasteiger partial charge in [-0.2, -0.15) is 0 Å². The molecule has 0 spiro atoms. The molecule has 0 saturated carbocycles. The highest BCUT2D eigenvalue weighted by Gasteiger charge is 2.29. The van der Waals surface area contributed by atoms with Crippen LogP contribution in [0.5, 0.6) is 0 Å². The predicted molar refractivity (Wildman–Crippen MR) is 105 cm³/mol. The molecule has 1 saturated heterocycles. The van der Waals surface area contributed by atoms with Crippen molar-refractivity contribution in [3.8, 4) is 0 Å². The van der Waals surface area contributed by atoms with E-state index >= 15 is 0 Å². The number of amides is 1. The fraction of sp³-hybridized carbons (Fsp3) is 0.476. The lowest BCUT2D eigenvalue weighted by molar-refractivity contribution is 0.0703. The Morgan fingerprint density at radius 2 is 1.96 bits per heavy atom. The number of likely N-dealkylation sites (tertiary alicyclic amines) is 1. The molecule has 2 aromatic heterocycles. The van der Waals surface area contributed by atoms with Gasteiger partial charge >= 0.3 is 0 Å². The molecule has 0 aliphatic carbocycles. The number of benzene rings is 1. The van der Waals surface area contributed by atoms with Gasteiger partial charge in [-0.1, -0.05) is 17.3 Å². The summed E-state index contributed by atoms with van der Waals surface area (Å²) in [5.74, 6) is 0.526. The van der Waals surface area contributed by atoms with Gasteiger partial charge in [-0.25, -0.2) is 4.98 Å². The van der Waals surface area contributed by atoms with Gasteiger partial charge in [-0.05, 0) is 38.1 Å². The minimum atomic E-state index is 0.0748. The van der Waals surface area contributed by atoms with Gasteiger partial charge in [-0.3, -0.25) is 4.79 Å². The van der Waals surface area contributed by atoms with Gasteiger partial charge in [0.25, 0.3) is 5.91 Å². The first-order valence-corrected chi connectivity index (χ1v) is 10.1. The van der Waals surface area contributed by atoms with Gasteiger partial charge in [0.15, 0.2) is 5.58 Å². The first-order valence-electron chi connectivity index (χ1n) is 10.1. The molecule has 2 aliphatic rings. The molecule has 28 heavy (non-hydrogen) atoms. The van der Waals surface area contributed by atoms with Crippen LogP contribution in [-0.2, 0) is 13.5 Å². The van der Waals surface area contributed by atoms with Crippen molar-refractivity contribution in [2.45, 2.75) is 25.2 Å². The topological polar surface area (TPSA) is 67.4 Å². The number of rotatable bonds is 4. The number of fused-ring (bicyclic) bond motifs is 2. The van der Waals surface area contributed by atoms with E-state index in [-0.39, 0.29) is 5.91 Å². The van der Waals surface area contributed by atoms with Crippen molar-refractivity contribution in [2.75, 3.05) is 32.7 Å². The van der Waals surface area contributed by atoms with E-state index in [0.717, 1.165) is 74.3 Å². The molecule has 0 radical (unpaired) electrons. The van der Waals surface area contributed by atoms with Crippen molar-refractivity contribution < 1.29 is 9.32 Å². The normalized spacial score (nSPS) is 18.8. The number of piperidine rings is 1. The van der Waals surface area contributed by atoms with E-state index in [1.807, 2.05) is 34.7 Å². The zero-order chi connectivity index (χ0) is 19.1. The van der Waals surface area contributed by atoms with Crippen molar-refractivity contribution in [1.29, 1.82) is 0 Å². The summed E-state index contributed by atoms with van der Waals surface area (Å²) in [4.78, 5) is 21.3. The molecule has 1 fully saturated rings. The van der Waals surface area contributed by atoms with Crippen LogP contribution in [0.3, 0.4) is 0 Å². The van der Waals surface area contributed by atoms with Crippen LogP contribution in [0.1, 0.15) is 40.6 Å². The minimum Gasteiger partial charge on any atom is -0.356 e. The number of aryl methyl sites for hydroxylation is 1. The summed E-state index contributed by atoms with van der Waals surface area (Å²) in [6.07, 6.45) is 4.78. The largest absolute Gasteiger partial charge is 0.356 e. The lowest BCUT2D eigenvalue weighted by Gasteiger charge is -2.34. The fourth-order valence-electron chi connectivity index (χ4n) is 4.53. The molecule has 0 bridgehead atoms. The Hall–Kier alpha value is -2.67. The van der Waals surface area contributed by atoms with Crippen molar-refractivity contribution in [3.05, 3.63) is 47.7 Å². The molecule has 5 rings (SSSR count). The molecule has 0 N–H and O–H groups in total. The Balaban J connectivity index is 1.17. The summed E-state index contributed by atoms with van der Waals surface area (Å²) in [6, 6.07) is 8.10. The van der Waals surface area contributed by atoms with Gasteiger partial charge in [-0.15, -0.1) is 0 Å². The summed E-state index contributed by atoms with van der Waals surface area (Å²) >= 11 is 0. The maximum atomic E-state index is 12.6. The monoisotopic (exact) mass is 379 g/mol. The molecule has 146 valence electrons. The third kappa shape index (κ3) is 2.99. The van der Waals surface area contributed by atoms with Crippen LogP contribution in [-0.4, -0.2) is 63.1 Å². The zero-order valence-corrected chi connectivity index (χ0v) is 16.2. The smallest absolute Gasteiger partial charge is 0.274 e. The van der Waals surface area contributed by atoms with Crippen molar-refractivity contribution >= 4 is 16.9 Å². The maximum Gasteiger partial charge on any atom is 0.274 e. The Morgan fingerprint density at radius 1 is 1.14 bits per heavy atom. The average Bonchev–Trinajstić information content (AvgIpc) is 3.32. The standard InChI is InChI=1S/C21H25N5O2/c1-24-14-22-20-17(24)8-11-26(21(20)27)13-12-25-9-6-15(7-10-25)19-16-4-2-3-5-18(16)28-23-19/h2-5,14-15H,6-13H2,1H3. The van der Waals surface area contributed by atoms with Gasteiger partial charge in [0, 0.05) is 44.4 Å².